The predicted octanol–water partition coefficient (Wildman–Crippen LogP) is 2.54. The van der Waals surface area contributed by atoms with Crippen LogP contribution in [0.15, 0.2) is 23.3 Å². The minimum absolute atomic E-state index is 0.374. The zero-order valence-electron chi connectivity index (χ0n) is 11.5. The van der Waals surface area contributed by atoms with Gasteiger partial charge in [0.2, 0.25) is 0 Å². The molecule has 0 N–H and O–H groups in total. The largest absolute Gasteiger partial charge is 0.468 e. The molecule has 2 aliphatic carbocycles. The van der Waals surface area contributed by atoms with E-state index in [2.05, 4.69) is 6.08 Å². The maximum Gasteiger partial charge on any atom is 0.323 e. The smallest absolute Gasteiger partial charge is 0.323 e. The van der Waals surface area contributed by atoms with Gasteiger partial charge in [-0.25, -0.2) is 0 Å². The van der Waals surface area contributed by atoms with E-state index >= 15 is 0 Å². The van der Waals surface area contributed by atoms with Crippen molar-refractivity contribution in [3.63, 3.8) is 0 Å². The van der Waals surface area contributed by atoms with Gasteiger partial charge in [-0.05, 0) is 49.7 Å². The molecular formula is C15H20O4. The van der Waals surface area contributed by atoms with Gasteiger partial charge >= 0.3 is 11.9 Å². The lowest BCUT2D eigenvalue weighted by Gasteiger charge is -2.24. The third kappa shape index (κ3) is 2.44. The number of ether oxygens (including phenoxy) is 2. The van der Waals surface area contributed by atoms with E-state index in [1.165, 1.54) is 32.6 Å². The summed E-state index contributed by atoms with van der Waals surface area (Å²) in [6.45, 7) is 0. The molecule has 2 aliphatic rings. The molecule has 0 saturated carbocycles. The van der Waals surface area contributed by atoms with E-state index in [9.17, 15) is 9.59 Å². The third-order valence-corrected chi connectivity index (χ3v) is 4.04. The van der Waals surface area contributed by atoms with Crippen molar-refractivity contribution in [1.29, 1.82) is 0 Å². The monoisotopic (exact) mass is 264 g/mol. The van der Waals surface area contributed by atoms with Crippen molar-refractivity contribution >= 4 is 11.9 Å². The molecule has 0 aromatic heterocycles. The Balaban J connectivity index is 2.21. The normalized spacial score (nSPS) is 21.4. The summed E-state index contributed by atoms with van der Waals surface area (Å²) in [7, 11) is 2.62. The van der Waals surface area contributed by atoms with Crippen molar-refractivity contribution in [1.82, 2.24) is 0 Å². The quantitative estimate of drug-likeness (QED) is 0.580. The Morgan fingerprint density at radius 1 is 1.05 bits per heavy atom. The number of carbonyl (C=O) groups excluding carboxylic acids is 2. The first-order valence-electron chi connectivity index (χ1n) is 6.69. The Labute approximate surface area is 113 Å². The highest BCUT2D eigenvalue weighted by Crippen LogP contribution is 2.44. The third-order valence-electron chi connectivity index (χ3n) is 4.04. The van der Waals surface area contributed by atoms with Crippen molar-refractivity contribution in [2.45, 2.75) is 38.5 Å². The van der Waals surface area contributed by atoms with Gasteiger partial charge < -0.3 is 9.47 Å². The Morgan fingerprint density at radius 2 is 1.74 bits per heavy atom. The van der Waals surface area contributed by atoms with Crippen LogP contribution in [-0.4, -0.2) is 26.2 Å². The van der Waals surface area contributed by atoms with E-state index in [0.29, 0.717) is 12.8 Å². The predicted molar refractivity (Wildman–Crippen MR) is 70.3 cm³/mol. The summed E-state index contributed by atoms with van der Waals surface area (Å²) in [4.78, 5) is 24.0. The standard InChI is InChI=1S/C15H20O4/c1-18-13(16)15(14(17)19-2)9-8-12(10-15)11-6-4-3-5-7-11/h6,8H,3-5,7,9-10H2,1-2H3. The van der Waals surface area contributed by atoms with Gasteiger partial charge in [0.15, 0.2) is 5.41 Å². The molecule has 0 spiro atoms. The summed E-state index contributed by atoms with van der Waals surface area (Å²) in [5.74, 6) is -0.996. The minimum atomic E-state index is -1.17. The van der Waals surface area contributed by atoms with E-state index in [0.717, 1.165) is 18.4 Å². The number of allylic oxidation sites excluding steroid dienone is 4. The molecule has 2 rings (SSSR count). The summed E-state index contributed by atoms with van der Waals surface area (Å²) in [5.41, 5.74) is 1.22. The van der Waals surface area contributed by atoms with Crippen molar-refractivity contribution in [3.05, 3.63) is 23.3 Å². The van der Waals surface area contributed by atoms with Crippen molar-refractivity contribution in [3.8, 4) is 0 Å². The first-order valence-corrected chi connectivity index (χ1v) is 6.69. The second-order valence-corrected chi connectivity index (χ2v) is 5.15. The van der Waals surface area contributed by atoms with Gasteiger partial charge in [-0.1, -0.05) is 12.2 Å². The van der Waals surface area contributed by atoms with Gasteiger partial charge in [-0.3, -0.25) is 9.59 Å². The van der Waals surface area contributed by atoms with Crippen molar-refractivity contribution in [2.75, 3.05) is 14.2 Å². The summed E-state index contributed by atoms with van der Waals surface area (Å²) < 4.78 is 9.61. The van der Waals surface area contributed by atoms with Crippen LogP contribution in [0.1, 0.15) is 38.5 Å². The molecular weight excluding hydrogens is 244 g/mol. The molecule has 0 atom stereocenters. The lowest BCUT2D eigenvalue weighted by molar-refractivity contribution is -0.168. The van der Waals surface area contributed by atoms with Gasteiger partial charge in [-0.15, -0.1) is 0 Å². The summed E-state index contributed by atoms with van der Waals surface area (Å²) in [6.07, 6.45) is 9.49. The first kappa shape index (κ1) is 13.8. The zero-order chi connectivity index (χ0) is 13.9. The highest BCUT2D eigenvalue weighted by atomic mass is 16.5. The average Bonchev–Trinajstić information content (AvgIpc) is 2.93. The van der Waals surface area contributed by atoms with Gasteiger partial charge in [0.25, 0.3) is 0 Å². The fourth-order valence-electron chi connectivity index (χ4n) is 2.93. The number of hydrogen-bond acceptors (Lipinski definition) is 4. The summed E-state index contributed by atoms with van der Waals surface area (Å²) in [5, 5.41) is 0. The molecule has 0 aromatic carbocycles. The Hall–Kier alpha value is -1.58. The minimum Gasteiger partial charge on any atom is -0.468 e. The second kappa shape index (κ2) is 5.59. The van der Waals surface area contributed by atoms with Gasteiger partial charge in [0, 0.05) is 0 Å². The lowest BCUT2D eigenvalue weighted by atomic mass is 9.82. The molecule has 0 aromatic rings. The van der Waals surface area contributed by atoms with Crippen LogP contribution in [0, 0.1) is 5.41 Å². The molecule has 0 unspecified atom stereocenters. The lowest BCUT2D eigenvalue weighted by Crippen LogP contribution is -2.39. The molecule has 0 amide bonds. The molecule has 104 valence electrons. The first-order chi connectivity index (χ1) is 9.14. The molecule has 0 saturated heterocycles. The van der Waals surface area contributed by atoms with Crippen LogP contribution in [0.4, 0.5) is 0 Å². The van der Waals surface area contributed by atoms with Gasteiger partial charge in [0.05, 0.1) is 14.2 Å². The van der Waals surface area contributed by atoms with Crippen LogP contribution in [-0.2, 0) is 19.1 Å². The molecule has 0 aliphatic heterocycles. The van der Waals surface area contributed by atoms with Crippen LogP contribution in [0.5, 0.6) is 0 Å². The molecule has 19 heavy (non-hydrogen) atoms. The highest BCUT2D eigenvalue weighted by molar-refractivity contribution is 6.01. The molecule has 0 bridgehead atoms. The van der Waals surface area contributed by atoms with E-state index < -0.39 is 17.4 Å². The number of rotatable bonds is 3. The average molecular weight is 264 g/mol. The maximum atomic E-state index is 12.0. The highest BCUT2D eigenvalue weighted by Gasteiger charge is 2.51. The molecule has 0 heterocycles. The van der Waals surface area contributed by atoms with E-state index in [4.69, 9.17) is 9.47 Å². The van der Waals surface area contributed by atoms with Gasteiger partial charge in [-0.2, -0.15) is 0 Å². The second-order valence-electron chi connectivity index (χ2n) is 5.15. The van der Waals surface area contributed by atoms with Crippen LogP contribution in [0.3, 0.4) is 0 Å². The maximum absolute atomic E-state index is 12.0. The van der Waals surface area contributed by atoms with E-state index in [-0.39, 0.29) is 0 Å². The Morgan fingerprint density at radius 3 is 2.26 bits per heavy atom. The van der Waals surface area contributed by atoms with Crippen LogP contribution in [0.2, 0.25) is 0 Å². The summed E-state index contributed by atoms with van der Waals surface area (Å²) >= 11 is 0. The molecule has 0 fully saturated rings. The van der Waals surface area contributed by atoms with Crippen LogP contribution in [0.25, 0.3) is 0 Å². The fraction of sp³-hybridized carbons (Fsp3) is 0.600. The van der Waals surface area contributed by atoms with Crippen LogP contribution < -0.4 is 0 Å². The fourth-order valence-corrected chi connectivity index (χ4v) is 2.93. The topological polar surface area (TPSA) is 52.6 Å². The SMILES string of the molecule is COC(=O)C1(C(=O)OC)CC=C(C2=CCCCC2)C1. The Bertz CT molecular complexity index is 429. The zero-order valence-corrected chi connectivity index (χ0v) is 11.5. The van der Waals surface area contributed by atoms with Crippen molar-refractivity contribution in [2.24, 2.45) is 5.41 Å². The van der Waals surface area contributed by atoms with E-state index in [1.807, 2.05) is 6.08 Å². The Kier molecular flexibility index (Phi) is 4.08. The number of hydrogen-bond donors (Lipinski definition) is 0. The number of methoxy groups -OCH3 is 2. The number of carbonyl (C=O) groups is 2. The number of esters is 2. The summed E-state index contributed by atoms with van der Waals surface area (Å²) in [6, 6.07) is 0. The van der Waals surface area contributed by atoms with Crippen LogP contribution >= 0.6 is 0 Å². The molecule has 4 nitrogen and oxygen atoms in total. The molecule has 4 heteroatoms. The van der Waals surface area contributed by atoms with E-state index in [1.54, 1.807) is 0 Å². The van der Waals surface area contributed by atoms with Crippen molar-refractivity contribution < 1.29 is 19.1 Å². The molecule has 0 radical (unpaired) electrons. The van der Waals surface area contributed by atoms with Gasteiger partial charge in [0.1, 0.15) is 0 Å².